The third-order valence-corrected chi connectivity index (χ3v) is 5.48. The van der Waals surface area contributed by atoms with Crippen molar-refractivity contribution in [2.24, 2.45) is 0 Å². The average Bonchev–Trinajstić information content (AvgIpc) is 2.63. The predicted molar refractivity (Wildman–Crippen MR) is 104 cm³/mol. The van der Waals surface area contributed by atoms with Gasteiger partial charge < -0.3 is 9.29 Å². The highest BCUT2D eigenvalue weighted by Crippen LogP contribution is 2.31. The normalized spacial score (nSPS) is 10.8. The van der Waals surface area contributed by atoms with E-state index in [0.717, 1.165) is 5.75 Å². The van der Waals surface area contributed by atoms with E-state index in [1.54, 1.807) is 7.11 Å². The quantitative estimate of drug-likeness (QED) is 0.501. The van der Waals surface area contributed by atoms with Crippen molar-refractivity contribution in [3.05, 3.63) is 84.9 Å². The molecule has 4 nitrogen and oxygen atoms in total. The van der Waals surface area contributed by atoms with Gasteiger partial charge in [0.2, 0.25) is 0 Å². The summed E-state index contributed by atoms with van der Waals surface area (Å²) < 4.78 is 32.5. The van der Waals surface area contributed by atoms with E-state index in [0.29, 0.717) is 6.26 Å². The fourth-order valence-electron chi connectivity index (χ4n) is 2.23. The molecule has 26 heavy (non-hydrogen) atoms. The smallest absolute Gasteiger partial charge is 0.166 e. The zero-order valence-electron chi connectivity index (χ0n) is 14.5. The van der Waals surface area contributed by atoms with E-state index < -0.39 is 10.1 Å². The molecule has 0 N–H and O–H groups in total. The molecule has 0 fully saturated rings. The van der Waals surface area contributed by atoms with Crippen LogP contribution >= 0.6 is 0 Å². The van der Waals surface area contributed by atoms with Gasteiger partial charge in [-0.2, -0.15) is 0 Å². The maximum Gasteiger partial charge on any atom is 0.166 e. The monoisotopic (exact) mass is 388 g/mol. The van der Waals surface area contributed by atoms with Gasteiger partial charge in [0.25, 0.3) is 0 Å². The molecular formula is C20H20O4S2. The number of hydrogen-bond acceptors (Lipinski definition) is 4. The lowest BCUT2D eigenvalue weighted by Crippen LogP contribution is -2.04. The molecule has 3 aromatic rings. The Balaban J connectivity index is 0.000000431. The fourth-order valence-corrected chi connectivity index (χ4v) is 4.32. The summed E-state index contributed by atoms with van der Waals surface area (Å²) in [6.45, 7) is 0. The van der Waals surface area contributed by atoms with Gasteiger partial charge in [0.05, 0.1) is 28.1 Å². The van der Waals surface area contributed by atoms with Crippen molar-refractivity contribution in [2.75, 3.05) is 13.4 Å². The third kappa shape index (κ3) is 6.55. The number of benzene rings is 3. The molecule has 0 aliphatic heterocycles. The minimum Gasteiger partial charge on any atom is -0.748 e. The van der Waals surface area contributed by atoms with Gasteiger partial charge >= 0.3 is 0 Å². The molecule has 0 aromatic heterocycles. The molecule has 0 spiro atoms. The largest absolute Gasteiger partial charge is 0.748 e. The first-order valence-corrected chi connectivity index (χ1v) is 10.8. The second-order valence-electron chi connectivity index (χ2n) is 5.31. The van der Waals surface area contributed by atoms with E-state index in [4.69, 9.17) is 17.7 Å². The first-order chi connectivity index (χ1) is 12.4. The van der Waals surface area contributed by atoms with Crippen LogP contribution in [-0.2, 0) is 21.0 Å². The van der Waals surface area contributed by atoms with Gasteiger partial charge in [0, 0.05) is 6.26 Å². The Morgan fingerprint density at radius 2 is 1.08 bits per heavy atom. The highest BCUT2D eigenvalue weighted by Gasteiger charge is 2.27. The van der Waals surface area contributed by atoms with Gasteiger partial charge in [-0.1, -0.05) is 36.4 Å². The fraction of sp³-hybridized carbons (Fsp3) is 0.100. The van der Waals surface area contributed by atoms with Crippen LogP contribution in [0.4, 0.5) is 0 Å². The van der Waals surface area contributed by atoms with Crippen molar-refractivity contribution in [3.63, 3.8) is 0 Å². The summed E-state index contributed by atoms with van der Waals surface area (Å²) in [5, 5.41) is 0. The Labute approximate surface area is 157 Å². The molecule has 0 aliphatic rings. The molecule has 0 unspecified atom stereocenters. The minimum atomic E-state index is -3.92. The molecular weight excluding hydrogens is 368 g/mol. The first kappa shape index (κ1) is 20.0. The van der Waals surface area contributed by atoms with E-state index in [1.807, 2.05) is 12.1 Å². The molecule has 6 heteroatoms. The van der Waals surface area contributed by atoms with Crippen LogP contribution in [-0.4, -0.2) is 26.3 Å². The maximum absolute atomic E-state index is 9.08. The number of ether oxygens (including phenoxy) is 1. The van der Waals surface area contributed by atoms with Gasteiger partial charge in [-0.05, 0) is 48.5 Å². The predicted octanol–water partition coefficient (Wildman–Crippen LogP) is 3.95. The van der Waals surface area contributed by atoms with Crippen molar-refractivity contribution in [3.8, 4) is 5.75 Å². The zero-order valence-corrected chi connectivity index (χ0v) is 16.2. The van der Waals surface area contributed by atoms with Crippen LogP contribution in [0.1, 0.15) is 0 Å². The van der Waals surface area contributed by atoms with Gasteiger partial charge in [0.15, 0.2) is 14.7 Å². The van der Waals surface area contributed by atoms with Crippen LogP contribution in [0.2, 0.25) is 0 Å². The molecule has 3 aromatic carbocycles. The van der Waals surface area contributed by atoms with Gasteiger partial charge in [0.1, 0.15) is 5.75 Å². The molecule has 136 valence electrons. The van der Waals surface area contributed by atoms with Crippen LogP contribution in [0, 0.1) is 0 Å². The molecule has 0 radical (unpaired) electrons. The van der Waals surface area contributed by atoms with Crippen molar-refractivity contribution < 1.29 is 17.7 Å². The SMILES string of the molecule is COc1ccc([S+](c2ccccc2)c2ccccc2)cc1.CS(=O)(=O)[O-]. The Bertz CT molecular complexity index is 846. The van der Waals surface area contributed by atoms with Gasteiger partial charge in [-0.25, -0.2) is 8.42 Å². The van der Waals surface area contributed by atoms with Crippen molar-refractivity contribution in [1.82, 2.24) is 0 Å². The summed E-state index contributed by atoms with van der Waals surface area (Å²) in [6.07, 6.45) is 0.604. The summed E-state index contributed by atoms with van der Waals surface area (Å²) in [5.41, 5.74) is 0. The molecule has 0 saturated carbocycles. The number of hydrogen-bond donors (Lipinski definition) is 0. The molecule has 0 atom stereocenters. The van der Waals surface area contributed by atoms with Crippen LogP contribution in [0.25, 0.3) is 0 Å². The van der Waals surface area contributed by atoms with Crippen LogP contribution in [0.15, 0.2) is 99.6 Å². The molecule has 0 saturated heterocycles. The second-order valence-corrected chi connectivity index (χ2v) is 8.75. The Hall–Kier alpha value is -2.28. The summed E-state index contributed by atoms with van der Waals surface area (Å²) >= 11 is 0. The van der Waals surface area contributed by atoms with Crippen molar-refractivity contribution >= 4 is 21.0 Å². The van der Waals surface area contributed by atoms with Crippen molar-refractivity contribution in [2.45, 2.75) is 14.7 Å². The standard InChI is InChI=1S/C19H17OS.CH4O3S/c1-20-16-12-14-19(15-13-16)21(17-8-4-2-5-9-17)18-10-6-3-7-11-18;1-5(2,3)4/h2-15H,1H3;1H3,(H,2,3,4)/q+1;/p-1. The summed E-state index contributed by atoms with van der Waals surface area (Å²) in [4.78, 5) is 3.95. The molecule has 3 rings (SSSR count). The van der Waals surface area contributed by atoms with Crippen LogP contribution < -0.4 is 4.74 Å². The van der Waals surface area contributed by atoms with Crippen molar-refractivity contribution in [1.29, 1.82) is 0 Å². The van der Waals surface area contributed by atoms with E-state index in [2.05, 4.69) is 72.8 Å². The molecule has 0 aliphatic carbocycles. The summed E-state index contributed by atoms with van der Waals surface area (Å²) in [5.74, 6) is 0.892. The minimum absolute atomic E-state index is 0.0804. The summed E-state index contributed by atoms with van der Waals surface area (Å²) in [7, 11) is -2.30. The zero-order chi connectivity index (χ0) is 19.0. The van der Waals surface area contributed by atoms with E-state index >= 15 is 0 Å². The number of methoxy groups -OCH3 is 1. The highest BCUT2D eigenvalue weighted by molar-refractivity contribution is 7.97. The van der Waals surface area contributed by atoms with Crippen LogP contribution in [0.3, 0.4) is 0 Å². The molecule has 0 heterocycles. The molecule has 0 bridgehead atoms. The summed E-state index contributed by atoms with van der Waals surface area (Å²) in [6, 6.07) is 29.7. The van der Waals surface area contributed by atoms with Gasteiger partial charge in [-0.3, -0.25) is 0 Å². The molecule has 0 amide bonds. The Kier molecular flexibility index (Phi) is 7.26. The van der Waals surface area contributed by atoms with E-state index in [-0.39, 0.29) is 10.9 Å². The number of rotatable bonds is 4. The van der Waals surface area contributed by atoms with E-state index in [1.165, 1.54) is 14.7 Å². The highest BCUT2D eigenvalue weighted by atomic mass is 32.2. The lowest BCUT2D eigenvalue weighted by molar-refractivity contribution is 0.414. The lowest BCUT2D eigenvalue weighted by atomic mass is 10.3. The Morgan fingerprint density at radius 1 is 0.731 bits per heavy atom. The maximum atomic E-state index is 9.08. The Morgan fingerprint density at radius 3 is 1.42 bits per heavy atom. The average molecular weight is 389 g/mol. The third-order valence-electron chi connectivity index (χ3n) is 3.25. The first-order valence-electron chi connectivity index (χ1n) is 7.78. The van der Waals surface area contributed by atoms with Gasteiger partial charge in [-0.15, -0.1) is 0 Å². The lowest BCUT2D eigenvalue weighted by Gasteiger charge is -2.08. The second kappa shape index (κ2) is 9.43. The van der Waals surface area contributed by atoms with Crippen LogP contribution in [0.5, 0.6) is 5.75 Å². The topological polar surface area (TPSA) is 66.4 Å². The van der Waals surface area contributed by atoms with E-state index in [9.17, 15) is 0 Å².